The minimum absolute atomic E-state index is 0.0448. The van der Waals surface area contributed by atoms with E-state index in [-0.39, 0.29) is 18.8 Å². The first kappa shape index (κ1) is 17.5. The van der Waals surface area contributed by atoms with Crippen LogP contribution in [0, 0.1) is 0 Å². The number of nitrogens with zero attached hydrogens (tertiary/aromatic N) is 4. The van der Waals surface area contributed by atoms with Crippen LogP contribution in [-0.4, -0.2) is 43.8 Å². The number of aliphatic hydroxyl groups excluding tert-OH is 1. The van der Waals surface area contributed by atoms with Gasteiger partial charge in [-0.15, -0.1) is 0 Å². The molecule has 2 aromatic heterocycles. The highest BCUT2D eigenvalue weighted by molar-refractivity contribution is 5.69. The summed E-state index contributed by atoms with van der Waals surface area (Å²) in [4.78, 5) is 12.8. The number of benzene rings is 1. The van der Waals surface area contributed by atoms with Gasteiger partial charge in [0, 0.05) is 19.1 Å². The first-order valence-corrected chi connectivity index (χ1v) is 8.57. The SMILES string of the molecule is CCC(NCCO)C(NCc1ccccc1)n1cnc2cncnc21. The molecular formula is C18H24N6O. The minimum atomic E-state index is -0.0448. The number of fused-ring (bicyclic) bond motifs is 1. The van der Waals surface area contributed by atoms with Crippen LogP contribution in [0.4, 0.5) is 0 Å². The third kappa shape index (κ3) is 4.19. The molecule has 0 bridgehead atoms. The van der Waals surface area contributed by atoms with E-state index in [2.05, 4.69) is 44.6 Å². The first-order chi connectivity index (χ1) is 12.3. The Labute approximate surface area is 147 Å². The first-order valence-electron chi connectivity index (χ1n) is 8.57. The largest absolute Gasteiger partial charge is 0.395 e. The summed E-state index contributed by atoms with van der Waals surface area (Å²) < 4.78 is 2.04. The summed E-state index contributed by atoms with van der Waals surface area (Å²) >= 11 is 0. The lowest BCUT2D eigenvalue weighted by Gasteiger charge is -2.29. The lowest BCUT2D eigenvalue weighted by molar-refractivity contribution is 0.246. The van der Waals surface area contributed by atoms with Gasteiger partial charge in [0.1, 0.15) is 18.0 Å². The molecule has 2 unspecified atom stereocenters. The summed E-state index contributed by atoms with van der Waals surface area (Å²) in [5.41, 5.74) is 2.78. The standard InChI is InChI=1S/C18H24N6O/c1-2-15(20-8-9-25)17(21-10-14-6-4-3-5-7-14)24-13-23-16-11-19-12-22-18(16)24/h3-7,11-13,15,17,20-21,25H,2,8-10H2,1H3. The predicted octanol–water partition coefficient (Wildman–Crippen LogP) is 1.48. The average molecular weight is 340 g/mol. The molecule has 3 aromatic rings. The fraction of sp³-hybridized carbons (Fsp3) is 0.389. The molecule has 0 aliphatic heterocycles. The van der Waals surface area contributed by atoms with Gasteiger partial charge in [-0.1, -0.05) is 37.3 Å². The van der Waals surface area contributed by atoms with Crippen molar-refractivity contribution in [1.82, 2.24) is 30.2 Å². The van der Waals surface area contributed by atoms with Crippen molar-refractivity contribution in [2.45, 2.75) is 32.1 Å². The van der Waals surface area contributed by atoms with Crippen LogP contribution >= 0.6 is 0 Å². The normalized spacial score (nSPS) is 13.8. The van der Waals surface area contributed by atoms with E-state index in [9.17, 15) is 5.11 Å². The minimum Gasteiger partial charge on any atom is -0.395 e. The highest BCUT2D eigenvalue weighted by Crippen LogP contribution is 2.18. The second-order valence-corrected chi connectivity index (χ2v) is 5.89. The number of rotatable bonds is 9. The van der Waals surface area contributed by atoms with Crippen molar-refractivity contribution in [1.29, 1.82) is 0 Å². The molecule has 132 valence electrons. The van der Waals surface area contributed by atoms with Crippen molar-refractivity contribution < 1.29 is 5.11 Å². The maximum atomic E-state index is 9.18. The van der Waals surface area contributed by atoms with Gasteiger partial charge < -0.3 is 10.4 Å². The maximum absolute atomic E-state index is 9.18. The van der Waals surface area contributed by atoms with Gasteiger partial charge in [0.25, 0.3) is 0 Å². The quantitative estimate of drug-likeness (QED) is 0.547. The van der Waals surface area contributed by atoms with Gasteiger partial charge >= 0.3 is 0 Å². The Morgan fingerprint density at radius 1 is 1.16 bits per heavy atom. The van der Waals surface area contributed by atoms with Crippen LogP contribution in [0.3, 0.4) is 0 Å². The van der Waals surface area contributed by atoms with Gasteiger partial charge in [0.15, 0.2) is 5.65 Å². The molecule has 0 aliphatic rings. The van der Waals surface area contributed by atoms with Gasteiger partial charge in [-0.3, -0.25) is 9.88 Å². The Balaban J connectivity index is 1.87. The number of nitrogens with one attached hydrogen (secondary N) is 2. The zero-order valence-electron chi connectivity index (χ0n) is 14.3. The third-order valence-corrected chi connectivity index (χ3v) is 4.24. The molecular weight excluding hydrogens is 316 g/mol. The van der Waals surface area contributed by atoms with Crippen LogP contribution < -0.4 is 10.6 Å². The maximum Gasteiger partial charge on any atom is 0.164 e. The Morgan fingerprint density at radius 3 is 2.76 bits per heavy atom. The van der Waals surface area contributed by atoms with Crippen molar-refractivity contribution in [2.75, 3.05) is 13.2 Å². The smallest absolute Gasteiger partial charge is 0.164 e. The van der Waals surface area contributed by atoms with Crippen LogP contribution in [0.25, 0.3) is 11.2 Å². The monoisotopic (exact) mass is 340 g/mol. The molecule has 2 heterocycles. The molecule has 0 aliphatic carbocycles. The fourth-order valence-electron chi connectivity index (χ4n) is 2.97. The van der Waals surface area contributed by atoms with Crippen LogP contribution in [0.15, 0.2) is 49.2 Å². The third-order valence-electron chi connectivity index (χ3n) is 4.24. The van der Waals surface area contributed by atoms with Gasteiger partial charge in [-0.05, 0) is 12.0 Å². The number of hydrogen-bond acceptors (Lipinski definition) is 6. The molecule has 0 saturated heterocycles. The van der Waals surface area contributed by atoms with Crippen molar-refractivity contribution >= 4 is 11.2 Å². The Bertz CT molecular complexity index is 775. The highest BCUT2D eigenvalue weighted by Gasteiger charge is 2.23. The van der Waals surface area contributed by atoms with E-state index < -0.39 is 0 Å². The van der Waals surface area contributed by atoms with E-state index in [1.165, 1.54) is 11.9 Å². The van der Waals surface area contributed by atoms with Crippen molar-refractivity contribution in [2.24, 2.45) is 0 Å². The average Bonchev–Trinajstić information content (AvgIpc) is 3.09. The van der Waals surface area contributed by atoms with E-state index >= 15 is 0 Å². The number of imidazole rings is 1. The predicted molar refractivity (Wildman–Crippen MR) is 96.8 cm³/mol. The summed E-state index contributed by atoms with van der Waals surface area (Å²) in [6.07, 6.45) is 5.91. The summed E-state index contributed by atoms with van der Waals surface area (Å²) in [6, 6.07) is 10.4. The summed E-state index contributed by atoms with van der Waals surface area (Å²) in [6.45, 7) is 3.51. The lowest BCUT2D eigenvalue weighted by Crippen LogP contribution is -2.45. The molecule has 1 aromatic carbocycles. The van der Waals surface area contributed by atoms with Gasteiger partial charge in [0.2, 0.25) is 0 Å². The molecule has 0 fully saturated rings. The molecule has 7 heteroatoms. The molecule has 7 nitrogen and oxygen atoms in total. The van der Waals surface area contributed by atoms with Gasteiger partial charge in [-0.2, -0.15) is 0 Å². The molecule has 2 atom stereocenters. The fourth-order valence-corrected chi connectivity index (χ4v) is 2.97. The van der Waals surface area contributed by atoms with E-state index in [1.807, 2.05) is 22.8 Å². The van der Waals surface area contributed by atoms with Crippen molar-refractivity contribution in [3.63, 3.8) is 0 Å². The van der Waals surface area contributed by atoms with Gasteiger partial charge in [-0.25, -0.2) is 15.0 Å². The lowest BCUT2D eigenvalue weighted by atomic mass is 10.1. The Hall–Kier alpha value is -2.35. The van der Waals surface area contributed by atoms with Crippen LogP contribution in [0.1, 0.15) is 25.1 Å². The second kappa shape index (κ2) is 8.66. The molecule has 0 radical (unpaired) electrons. The summed E-state index contributed by atoms with van der Waals surface area (Å²) in [5.74, 6) is 0. The molecule has 0 saturated carbocycles. The Morgan fingerprint density at radius 2 is 2.00 bits per heavy atom. The second-order valence-electron chi connectivity index (χ2n) is 5.89. The van der Waals surface area contributed by atoms with Crippen molar-refractivity contribution in [3.05, 3.63) is 54.7 Å². The zero-order valence-corrected chi connectivity index (χ0v) is 14.3. The molecule has 0 spiro atoms. The van der Waals surface area contributed by atoms with E-state index in [0.717, 1.165) is 24.1 Å². The number of aromatic nitrogens is 4. The van der Waals surface area contributed by atoms with E-state index in [4.69, 9.17) is 0 Å². The van der Waals surface area contributed by atoms with E-state index in [1.54, 1.807) is 12.5 Å². The summed E-state index contributed by atoms with van der Waals surface area (Å²) in [7, 11) is 0. The summed E-state index contributed by atoms with van der Waals surface area (Å²) in [5, 5.41) is 16.2. The van der Waals surface area contributed by atoms with Crippen LogP contribution in [0.2, 0.25) is 0 Å². The number of aliphatic hydroxyl groups is 1. The number of hydrogen-bond donors (Lipinski definition) is 3. The highest BCUT2D eigenvalue weighted by atomic mass is 16.3. The van der Waals surface area contributed by atoms with Crippen LogP contribution in [-0.2, 0) is 6.54 Å². The molecule has 0 amide bonds. The van der Waals surface area contributed by atoms with Crippen molar-refractivity contribution in [3.8, 4) is 0 Å². The van der Waals surface area contributed by atoms with E-state index in [0.29, 0.717) is 6.54 Å². The zero-order chi connectivity index (χ0) is 17.5. The van der Waals surface area contributed by atoms with Gasteiger partial charge in [0.05, 0.1) is 19.1 Å². The Kier molecular flexibility index (Phi) is 6.05. The van der Waals surface area contributed by atoms with Crippen LogP contribution in [0.5, 0.6) is 0 Å². The molecule has 25 heavy (non-hydrogen) atoms. The molecule has 3 N–H and O–H groups in total. The molecule has 3 rings (SSSR count). The topological polar surface area (TPSA) is 87.9 Å².